The van der Waals surface area contributed by atoms with E-state index in [2.05, 4.69) is 9.84 Å². The van der Waals surface area contributed by atoms with Gasteiger partial charge in [-0.15, -0.1) is 0 Å². The number of rotatable bonds is 6. The van der Waals surface area contributed by atoms with Gasteiger partial charge in [0.1, 0.15) is 23.3 Å². The minimum atomic E-state index is -0.404. The third kappa shape index (κ3) is 3.80. The lowest BCUT2D eigenvalue weighted by Gasteiger charge is -2.22. The molecular formula is C17H19N3O5. The molecule has 0 aliphatic carbocycles. The Balaban J connectivity index is 1.77. The van der Waals surface area contributed by atoms with Crippen LogP contribution < -0.4 is 0 Å². The van der Waals surface area contributed by atoms with Gasteiger partial charge < -0.3 is 13.6 Å². The average Bonchev–Trinajstić information content (AvgIpc) is 3.32. The number of carbonyl (C=O) groups excluding carboxylic acids is 2. The van der Waals surface area contributed by atoms with E-state index in [1.54, 1.807) is 42.7 Å². The summed E-state index contributed by atoms with van der Waals surface area (Å²) in [6, 6.07) is 6.81. The molecule has 0 radical (unpaired) electrons. The molecule has 2 aromatic heterocycles. The number of furan rings is 2. The molecule has 3 rings (SSSR count). The lowest BCUT2D eigenvalue weighted by Crippen LogP contribution is -2.38. The molecule has 25 heavy (non-hydrogen) atoms. The lowest BCUT2D eigenvalue weighted by molar-refractivity contribution is -0.142. The molecule has 8 heteroatoms. The van der Waals surface area contributed by atoms with Crippen LogP contribution in [0.5, 0.6) is 0 Å². The maximum atomic E-state index is 12.7. The van der Waals surface area contributed by atoms with E-state index < -0.39 is 5.97 Å². The highest BCUT2D eigenvalue weighted by Gasteiger charge is 2.36. The highest BCUT2D eigenvalue weighted by Crippen LogP contribution is 2.33. The smallest absolute Gasteiger partial charge is 0.319 e. The van der Waals surface area contributed by atoms with E-state index in [1.807, 2.05) is 6.07 Å². The molecule has 1 atom stereocenters. The van der Waals surface area contributed by atoms with E-state index in [0.717, 1.165) is 0 Å². The van der Waals surface area contributed by atoms with Gasteiger partial charge in [0.2, 0.25) is 0 Å². The van der Waals surface area contributed by atoms with Gasteiger partial charge in [-0.2, -0.15) is 5.10 Å². The van der Waals surface area contributed by atoms with Gasteiger partial charge in [-0.25, -0.2) is 5.01 Å². The fourth-order valence-corrected chi connectivity index (χ4v) is 2.68. The van der Waals surface area contributed by atoms with Gasteiger partial charge in [0.05, 0.1) is 32.7 Å². The number of hydrogen-bond acceptors (Lipinski definition) is 7. The molecule has 0 saturated carbocycles. The number of methoxy groups -OCH3 is 1. The molecule has 1 aliphatic heterocycles. The molecule has 0 fully saturated rings. The largest absolute Gasteiger partial charge is 0.468 e. The lowest BCUT2D eigenvalue weighted by atomic mass is 10.1. The topological polar surface area (TPSA) is 88.5 Å². The number of amides is 1. The van der Waals surface area contributed by atoms with Gasteiger partial charge in [0, 0.05) is 6.42 Å². The average molecular weight is 345 g/mol. The van der Waals surface area contributed by atoms with Crippen LogP contribution in [0.15, 0.2) is 50.7 Å². The molecule has 0 spiro atoms. The second-order valence-electron chi connectivity index (χ2n) is 5.75. The van der Waals surface area contributed by atoms with Crippen LogP contribution in [0.4, 0.5) is 0 Å². The van der Waals surface area contributed by atoms with Crippen molar-refractivity contribution >= 4 is 17.6 Å². The van der Waals surface area contributed by atoms with Crippen molar-refractivity contribution in [2.45, 2.75) is 12.5 Å². The van der Waals surface area contributed by atoms with Gasteiger partial charge in [0.15, 0.2) is 0 Å². The van der Waals surface area contributed by atoms with Crippen molar-refractivity contribution in [1.82, 2.24) is 9.91 Å². The molecule has 0 saturated heterocycles. The fraction of sp³-hybridized carbons (Fsp3) is 0.353. The minimum absolute atomic E-state index is 0.0241. The second-order valence-corrected chi connectivity index (χ2v) is 5.75. The minimum Gasteiger partial charge on any atom is -0.468 e. The molecule has 0 bridgehead atoms. The first-order chi connectivity index (χ1) is 12.1. The summed E-state index contributed by atoms with van der Waals surface area (Å²) in [6.07, 6.45) is 3.62. The monoisotopic (exact) mass is 345 g/mol. The van der Waals surface area contributed by atoms with E-state index in [0.29, 0.717) is 23.7 Å². The van der Waals surface area contributed by atoms with Crippen LogP contribution in [0.1, 0.15) is 24.0 Å². The molecule has 0 aromatic carbocycles. The summed E-state index contributed by atoms with van der Waals surface area (Å²) in [4.78, 5) is 25.6. The first-order valence-electron chi connectivity index (χ1n) is 7.80. The number of hydrazone groups is 1. The van der Waals surface area contributed by atoms with Crippen molar-refractivity contribution in [1.29, 1.82) is 0 Å². The molecule has 0 N–H and O–H groups in total. The van der Waals surface area contributed by atoms with Crippen molar-refractivity contribution in [3.8, 4) is 0 Å². The first-order valence-corrected chi connectivity index (χ1v) is 7.80. The summed E-state index contributed by atoms with van der Waals surface area (Å²) in [5.74, 6) is 0.623. The van der Waals surface area contributed by atoms with E-state index in [9.17, 15) is 9.59 Å². The quantitative estimate of drug-likeness (QED) is 0.740. The third-order valence-corrected chi connectivity index (χ3v) is 3.87. The van der Waals surface area contributed by atoms with Crippen LogP contribution in [-0.2, 0) is 14.3 Å². The standard InChI is InChI=1S/C17H19N3O5/c1-19(11-17(22)23-2)10-16(21)20-13(15-6-4-8-25-15)9-12(18-20)14-5-3-7-24-14/h3-8,13H,9-11H2,1-2H3/t13-/m0/s1. The third-order valence-electron chi connectivity index (χ3n) is 3.87. The van der Waals surface area contributed by atoms with Crippen LogP contribution in [0, 0.1) is 0 Å². The number of hydrogen-bond donors (Lipinski definition) is 0. The predicted octanol–water partition coefficient (Wildman–Crippen LogP) is 1.66. The molecule has 2 aromatic rings. The number of esters is 1. The maximum Gasteiger partial charge on any atom is 0.319 e. The van der Waals surface area contributed by atoms with Gasteiger partial charge in [-0.05, 0) is 31.3 Å². The first kappa shape index (κ1) is 17.0. The molecule has 3 heterocycles. The molecule has 1 amide bonds. The van der Waals surface area contributed by atoms with Crippen LogP contribution in [0.3, 0.4) is 0 Å². The Hall–Kier alpha value is -2.87. The molecule has 1 aliphatic rings. The van der Waals surface area contributed by atoms with Gasteiger partial charge in [0.25, 0.3) is 5.91 Å². The fourth-order valence-electron chi connectivity index (χ4n) is 2.68. The summed E-state index contributed by atoms with van der Waals surface area (Å²) < 4.78 is 15.5. The summed E-state index contributed by atoms with van der Waals surface area (Å²) in [5.41, 5.74) is 0.676. The van der Waals surface area contributed by atoms with Gasteiger partial charge >= 0.3 is 5.97 Å². The summed E-state index contributed by atoms with van der Waals surface area (Å²) in [6.45, 7) is 0.0531. The van der Waals surface area contributed by atoms with Crippen molar-refractivity contribution < 1.29 is 23.2 Å². The zero-order chi connectivity index (χ0) is 17.8. The molecule has 8 nitrogen and oxygen atoms in total. The summed E-state index contributed by atoms with van der Waals surface area (Å²) in [5, 5.41) is 5.82. The molecule has 132 valence electrons. The number of nitrogens with zero attached hydrogens (tertiary/aromatic N) is 3. The van der Waals surface area contributed by atoms with Crippen LogP contribution >= 0.6 is 0 Å². The Morgan fingerprint density at radius 1 is 1.28 bits per heavy atom. The molecular weight excluding hydrogens is 326 g/mol. The van der Waals surface area contributed by atoms with Crippen molar-refractivity contribution in [3.05, 3.63) is 48.3 Å². The Kier molecular flexibility index (Phi) is 4.99. The maximum absolute atomic E-state index is 12.7. The Bertz CT molecular complexity index is 751. The van der Waals surface area contributed by atoms with E-state index in [1.165, 1.54) is 12.1 Å². The van der Waals surface area contributed by atoms with E-state index in [4.69, 9.17) is 8.83 Å². The Morgan fingerprint density at radius 3 is 2.68 bits per heavy atom. The normalized spacial score (nSPS) is 17.0. The zero-order valence-corrected chi connectivity index (χ0v) is 14.0. The molecule has 0 unspecified atom stereocenters. The van der Waals surface area contributed by atoms with Gasteiger partial charge in [-0.1, -0.05) is 0 Å². The van der Waals surface area contributed by atoms with Gasteiger partial charge in [-0.3, -0.25) is 14.5 Å². The summed E-state index contributed by atoms with van der Waals surface area (Å²) in [7, 11) is 2.98. The Labute approximate surface area is 144 Å². The Morgan fingerprint density at radius 2 is 2.04 bits per heavy atom. The van der Waals surface area contributed by atoms with Crippen molar-refractivity contribution in [2.24, 2.45) is 5.10 Å². The predicted molar refractivity (Wildman–Crippen MR) is 87.7 cm³/mol. The second kappa shape index (κ2) is 7.35. The highest BCUT2D eigenvalue weighted by molar-refractivity contribution is 6.01. The van der Waals surface area contributed by atoms with Crippen molar-refractivity contribution in [2.75, 3.05) is 27.2 Å². The van der Waals surface area contributed by atoms with Crippen LogP contribution in [-0.4, -0.2) is 54.7 Å². The SMILES string of the molecule is COC(=O)CN(C)CC(=O)N1N=C(c2ccco2)C[C@H]1c1ccco1. The number of carbonyl (C=O) groups is 2. The van der Waals surface area contributed by atoms with E-state index in [-0.39, 0.29) is 25.0 Å². The van der Waals surface area contributed by atoms with Crippen LogP contribution in [0.2, 0.25) is 0 Å². The summed E-state index contributed by atoms with van der Waals surface area (Å²) >= 11 is 0. The zero-order valence-electron chi connectivity index (χ0n) is 14.0. The van der Waals surface area contributed by atoms with Crippen LogP contribution in [0.25, 0.3) is 0 Å². The van der Waals surface area contributed by atoms with E-state index >= 15 is 0 Å². The number of likely N-dealkylation sites (N-methyl/N-ethyl adjacent to an activating group) is 1. The van der Waals surface area contributed by atoms with Crippen molar-refractivity contribution in [3.63, 3.8) is 0 Å². The number of ether oxygens (including phenoxy) is 1. The highest BCUT2D eigenvalue weighted by atomic mass is 16.5.